The Morgan fingerprint density at radius 2 is 1.42 bits per heavy atom. The van der Waals surface area contributed by atoms with E-state index < -0.39 is 0 Å². The molecule has 4 rings (SSSR count). The van der Waals surface area contributed by atoms with E-state index in [9.17, 15) is 14.4 Å². The minimum absolute atomic E-state index is 0.184. The second kappa shape index (κ2) is 8.44. The van der Waals surface area contributed by atoms with Gasteiger partial charge in [-0.2, -0.15) is 0 Å². The molecule has 0 heterocycles. The van der Waals surface area contributed by atoms with Crippen molar-refractivity contribution in [2.24, 2.45) is 0 Å². The quantitative estimate of drug-likeness (QED) is 0.514. The number of benzene rings is 3. The fraction of sp³-hybridized carbons (Fsp3) is 0.160. The van der Waals surface area contributed by atoms with Gasteiger partial charge in [0, 0.05) is 34.4 Å². The number of carbonyl (C=O) groups excluding carboxylic acids is 3. The van der Waals surface area contributed by atoms with Crippen LogP contribution in [0, 0.1) is 0 Å². The van der Waals surface area contributed by atoms with E-state index in [2.05, 4.69) is 5.32 Å². The highest BCUT2D eigenvalue weighted by Gasteiger charge is 2.29. The van der Waals surface area contributed by atoms with E-state index in [1.807, 2.05) is 12.1 Å². The Balaban J connectivity index is 1.46. The van der Waals surface area contributed by atoms with Crippen LogP contribution in [0.3, 0.4) is 0 Å². The zero-order valence-corrected chi connectivity index (χ0v) is 17.2. The molecule has 0 saturated carbocycles. The molecule has 1 aliphatic rings. The van der Waals surface area contributed by atoms with Gasteiger partial charge in [-0.3, -0.25) is 14.4 Å². The predicted molar refractivity (Wildman–Crippen MR) is 116 cm³/mol. The molecule has 156 valence electrons. The Morgan fingerprint density at radius 3 is 2.10 bits per heavy atom. The molecule has 3 aromatic carbocycles. The summed E-state index contributed by atoms with van der Waals surface area (Å²) in [5, 5.41) is 2.81. The summed E-state index contributed by atoms with van der Waals surface area (Å²) in [5.74, 6) is 0.650. The molecule has 0 radical (unpaired) electrons. The fourth-order valence-electron chi connectivity index (χ4n) is 3.69. The van der Waals surface area contributed by atoms with E-state index in [4.69, 9.17) is 9.47 Å². The molecule has 0 spiro atoms. The first-order valence-electron chi connectivity index (χ1n) is 9.85. The molecule has 1 aliphatic carbocycles. The van der Waals surface area contributed by atoms with Crippen LogP contribution in [0.5, 0.6) is 11.5 Å². The average molecular weight is 415 g/mol. The fourth-order valence-corrected chi connectivity index (χ4v) is 3.69. The summed E-state index contributed by atoms with van der Waals surface area (Å²) in [6.07, 6.45) is 0.768. The van der Waals surface area contributed by atoms with Gasteiger partial charge in [-0.25, -0.2) is 0 Å². The number of ether oxygens (including phenoxy) is 2. The van der Waals surface area contributed by atoms with Gasteiger partial charge in [0.25, 0.3) is 0 Å². The number of nitrogens with one attached hydrogen (secondary N) is 1. The van der Waals surface area contributed by atoms with Gasteiger partial charge in [-0.05, 0) is 42.3 Å². The molecule has 0 atom stereocenters. The molecule has 1 N–H and O–H groups in total. The van der Waals surface area contributed by atoms with Crippen LogP contribution in [0.15, 0.2) is 60.7 Å². The van der Waals surface area contributed by atoms with E-state index in [-0.39, 0.29) is 23.9 Å². The summed E-state index contributed by atoms with van der Waals surface area (Å²) in [6, 6.07) is 17.1. The van der Waals surface area contributed by atoms with Gasteiger partial charge in [0.1, 0.15) is 0 Å². The predicted octanol–water partition coefficient (Wildman–Crippen LogP) is 4.05. The Labute approximate surface area is 179 Å². The van der Waals surface area contributed by atoms with Gasteiger partial charge in [0.15, 0.2) is 23.1 Å². The van der Waals surface area contributed by atoms with Crippen molar-refractivity contribution < 1.29 is 23.9 Å². The monoisotopic (exact) mass is 415 g/mol. The molecular weight excluding hydrogens is 394 g/mol. The van der Waals surface area contributed by atoms with Crippen molar-refractivity contribution in [3.63, 3.8) is 0 Å². The Morgan fingerprint density at radius 1 is 0.774 bits per heavy atom. The van der Waals surface area contributed by atoms with Crippen LogP contribution in [-0.2, 0) is 11.2 Å². The third-order valence-electron chi connectivity index (χ3n) is 5.30. The van der Waals surface area contributed by atoms with E-state index in [0.717, 1.165) is 5.56 Å². The van der Waals surface area contributed by atoms with Crippen molar-refractivity contribution in [1.82, 2.24) is 0 Å². The normalized spacial score (nSPS) is 12.1. The van der Waals surface area contributed by atoms with Gasteiger partial charge in [0.2, 0.25) is 5.91 Å². The first-order valence-corrected chi connectivity index (χ1v) is 9.85. The topological polar surface area (TPSA) is 81.7 Å². The minimum Gasteiger partial charge on any atom is -0.493 e. The van der Waals surface area contributed by atoms with Crippen LogP contribution in [0.4, 0.5) is 5.69 Å². The lowest BCUT2D eigenvalue weighted by Crippen LogP contribution is -2.21. The van der Waals surface area contributed by atoms with Crippen LogP contribution in [-0.4, -0.2) is 31.7 Å². The lowest BCUT2D eigenvalue weighted by Gasteiger charge is -2.18. The summed E-state index contributed by atoms with van der Waals surface area (Å²) in [7, 11) is 3.13. The number of anilines is 1. The van der Waals surface area contributed by atoms with E-state index in [0.29, 0.717) is 45.9 Å². The van der Waals surface area contributed by atoms with Gasteiger partial charge >= 0.3 is 0 Å². The number of fused-ring (bicyclic) bond motifs is 2. The Bertz CT molecular complexity index is 1200. The van der Waals surface area contributed by atoms with Gasteiger partial charge in [-0.15, -0.1) is 0 Å². The van der Waals surface area contributed by atoms with Crippen LogP contribution < -0.4 is 14.8 Å². The third kappa shape index (κ3) is 3.92. The summed E-state index contributed by atoms with van der Waals surface area (Å²) in [4.78, 5) is 38.0. The van der Waals surface area contributed by atoms with Gasteiger partial charge in [0.05, 0.1) is 14.2 Å². The number of aryl methyl sites for hydroxylation is 1. The number of methoxy groups -OCH3 is 2. The van der Waals surface area contributed by atoms with Gasteiger partial charge < -0.3 is 14.8 Å². The molecule has 0 bridgehead atoms. The van der Waals surface area contributed by atoms with Crippen LogP contribution in [0.2, 0.25) is 0 Å². The molecule has 0 fully saturated rings. The molecule has 31 heavy (non-hydrogen) atoms. The average Bonchev–Trinajstić information content (AvgIpc) is 2.81. The molecular formula is C25H21NO5. The standard InChI is InChI=1S/C25H21NO5/c1-30-21-11-7-15(13-22(21)31-2)8-12-23(27)26-16-9-10-19-20(14-16)25(29)18-6-4-3-5-17(18)24(19)28/h3-7,9-11,13-14H,8,12H2,1-2H3,(H,26,27). The first-order chi connectivity index (χ1) is 15.0. The number of rotatable bonds is 6. The smallest absolute Gasteiger partial charge is 0.224 e. The first kappa shape index (κ1) is 20.3. The highest BCUT2D eigenvalue weighted by molar-refractivity contribution is 6.28. The van der Waals surface area contributed by atoms with Crippen LogP contribution >= 0.6 is 0 Å². The highest BCUT2D eigenvalue weighted by Crippen LogP contribution is 2.30. The molecule has 6 nitrogen and oxygen atoms in total. The molecule has 0 aliphatic heterocycles. The molecule has 0 unspecified atom stereocenters. The number of ketones is 2. The number of carbonyl (C=O) groups is 3. The lowest BCUT2D eigenvalue weighted by atomic mass is 9.84. The lowest BCUT2D eigenvalue weighted by molar-refractivity contribution is -0.116. The van der Waals surface area contributed by atoms with Crippen molar-refractivity contribution >= 4 is 23.2 Å². The molecule has 0 saturated heterocycles. The Hall–Kier alpha value is -3.93. The van der Waals surface area contributed by atoms with Crippen molar-refractivity contribution in [2.75, 3.05) is 19.5 Å². The van der Waals surface area contributed by atoms with Gasteiger partial charge in [-0.1, -0.05) is 30.3 Å². The van der Waals surface area contributed by atoms with E-state index in [1.165, 1.54) is 0 Å². The molecule has 0 aromatic heterocycles. The zero-order valence-electron chi connectivity index (χ0n) is 17.2. The summed E-state index contributed by atoms with van der Waals surface area (Å²) in [5.41, 5.74) is 2.88. The second-order valence-electron chi connectivity index (χ2n) is 7.20. The van der Waals surface area contributed by atoms with E-state index >= 15 is 0 Å². The largest absolute Gasteiger partial charge is 0.493 e. The third-order valence-corrected chi connectivity index (χ3v) is 5.30. The molecule has 3 aromatic rings. The molecule has 1 amide bonds. The van der Waals surface area contributed by atoms with E-state index in [1.54, 1.807) is 62.8 Å². The maximum Gasteiger partial charge on any atom is 0.224 e. The SMILES string of the molecule is COc1ccc(CCC(=O)Nc2ccc3c(c2)C(=O)c2ccccc2C3=O)cc1OC. The van der Waals surface area contributed by atoms with Crippen LogP contribution in [0.1, 0.15) is 43.8 Å². The molecule has 6 heteroatoms. The second-order valence-corrected chi connectivity index (χ2v) is 7.20. The Kier molecular flexibility index (Phi) is 5.54. The highest BCUT2D eigenvalue weighted by atomic mass is 16.5. The summed E-state index contributed by atoms with van der Waals surface area (Å²) >= 11 is 0. The zero-order chi connectivity index (χ0) is 22.0. The maximum absolute atomic E-state index is 12.8. The minimum atomic E-state index is -0.216. The van der Waals surface area contributed by atoms with Crippen LogP contribution in [0.25, 0.3) is 0 Å². The summed E-state index contributed by atoms with van der Waals surface area (Å²) < 4.78 is 10.5. The number of amides is 1. The summed E-state index contributed by atoms with van der Waals surface area (Å²) in [6.45, 7) is 0. The van der Waals surface area contributed by atoms with Crippen molar-refractivity contribution in [2.45, 2.75) is 12.8 Å². The number of hydrogen-bond donors (Lipinski definition) is 1. The van der Waals surface area contributed by atoms with Crippen molar-refractivity contribution in [3.8, 4) is 11.5 Å². The maximum atomic E-state index is 12.8. The van der Waals surface area contributed by atoms with Crippen molar-refractivity contribution in [1.29, 1.82) is 0 Å². The van der Waals surface area contributed by atoms with Crippen molar-refractivity contribution in [3.05, 3.63) is 88.5 Å². The number of hydrogen-bond acceptors (Lipinski definition) is 5.